The predicted octanol–water partition coefficient (Wildman–Crippen LogP) is 1.68. The van der Waals surface area contributed by atoms with Crippen LogP contribution in [0.5, 0.6) is 6.01 Å². The fourth-order valence-electron chi connectivity index (χ4n) is 2.67. The zero-order valence-electron chi connectivity index (χ0n) is 12.6. The Kier molecular flexibility index (Phi) is 4.38. The first kappa shape index (κ1) is 14.3. The van der Waals surface area contributed by atoms with Crippen molar-refractivity contribution in [3.05, 3.63) is 0 Å². The Hall–Kier alpha value is -1.63. The molecule has 2 aliphatic rings. The van der Waals surface area contributed by atoms with Gasteiger partial charge < -0.3 is 20.1 Å². The Bertz CT molecular complexity index is 456. The van der Waals surface area contributed by atoms with Crippen molar-refractivity contribution in [1.29, 1.82) is 0 Å². The van der Waals surface area contributed by atoms with Gasteiger partial charge in [0.2, 0.25) is 11.9 Å². The first-order valence-corrected chi connectivity index (χ1v) is 7.81. The van der Waals surface area contributed by atoms with Gasteiger partial charge >= 0.3 is 6.01 Å². The number of aromatic nitrogens is 3. The second kappa shape index (κ2) is 6.43. The number of rotatable bonds is 7. The Labute approximate surface area is 124 Å². The molecule has 1 aliphatic carbocycles. The standard InChI is InChI=1S/C14H23N5O2/c1-3-15-12-17-13(19-14(18-12)20-4-2)16-10-7-8-21-11(10)9-5-6-9/h9-11H,3-8H2,1-2H3,(H2,15,16,17,18,19). The minimum atomic E-state index is 0.281. The van der Waals surface area contributed by atoms with Crippen molar-refractivity contribution in [1.82, 2.24) is 15.0 Å². The molecular weight excluding hydrogens is 270 g/mol. The third-order valence-corrected chi connectivity index (χ3v) is 3.76. The maximum Gasteiger partial charge on any atom is 0.323 e. The van der Waals surface area contributed by atoms with E-state index < -0.39 is 0 Å². The zero-order valence-corrected chi connectivity index (χ0v) is 12.6. The first-order valence-electron chi connectivity index (χ1n) is 7.81. The van der Waals surface area contributed by atoms with Crippen LogP contribution in [0.4, 0.5) is 11.9 Å². The van der Waals surface area contributed by atoms with Gasteiger partial charge in [-0.15, -0.1) is 0 Å². The predicted molar refractivity (Wildman–Crippen MR) is 79.7 cm³/mol. The van der Waals surface area contributed by atoms with Crippen LogP contribution in [-0.4, -0.2) is 46.9 Å². The first-order chi connectivity index (χ1) is 10.3. The molecule has 7 nitrogen and oxygen atoms in total. The largest absolute Gasteiger partial charge is 0.464 e. The Morgan fingerprint density at radius 1 is 1.14 bits per heavy atom. The molecule has 2 atom stereocenters. The molecule has 1 aliphatic heterocycles. The van der Waals surface area contributed by atoms with Crippen LogP contribution in [0.25, 0.3) is 0 Å². The zero-order chi connectivity index (χ0) is 14.7. The summed E-state index contributed by atoms with van der Waals surface area (Å²) in [7, 11) is 0. The summed E-state index contributed by atoms with van der Waals surface area (Å²) in [6, 6.07) is 0.636. The topological polar surface area (TPSA) is 81.2 Å². The normalized spacial score (nSPS) is 24.9. The van der Waals surface area contributed by atoms with Crippen molar-refractivity contribution in [2.75, 3.05) is 30.4 Å². The summed E-state index contributed by atoms with van der Waals surface area (Å²) in [6.45, 7) is 6.02. The summed E-state index contributed by atoms with van der Waals surface area (Å²) in [5, 5.41) is 6.51. The van der Waals surface area contributed by atoms with Gasteiger partial charge in [0, 0.05) is 13.2 Å². The van der Waals surface area contributed by atoms with Gasteiger partial charge in [-0.2, -0.15) is 15.0 Å². The van der Waals surface area contributed by atoms with Crippen LogP contribution in [-0.2, 0) is 4.74 Å². The summed E-state index contributed by atoms with van der Waals surface area (Å²) in [4.78, 5) is 13.0. The number of hydrogen-bond donors (Lipinski definition) is 2. The quantitative estimate of drug-likeness (QED) is 0.791. The summed E-state index contributed by atoms with van der Waals surface area (Å²) < 4.78 is 11.2. The summed E-state index contributed by atoms with van der Waals surface area (Å²) in [5.41, 5.74) is 0. The molecule has 1 saturated carbocycles. The van der Waals surface area contributed by atoms with Crippen molar-refractivity contribution in [2.45, 2.75) is 45.3 Å². The van der Waals surface area contributed by atoms with Crippen molar-refractivity contribution < 1.29 is 9.47 Å². The second-order valence-electron chi connectivity index (χ2n) is 5.44. The van der Waals surface area contributed by atoms with E-state index in [0.29, 0.717) is 36.5 Å². The number of ether oxygens (including phenoxy) is 2. The van der Waals surface area contributed by atoms with E-state index in [0.717, 1.165) is 19.6 Å². The molecule has 2 fully saturated rings. The number of nitrogens with one attached hydrogen (secondary N) is 2. The SMILES string of the molecule is CCNc1nc(NC2CCOC2C2CC2)nc(OCC)n1. The fraction of sp³-hybridized carbons (Fsp3) is 0.786. The van der Waals surface area contributed by atoms with Gasteiger partial charge in [-0.3, -0.25) is 0 Å². The summed E-state index contributed by atoms with van der Waals surface area (Å²) >= 11 is 0. The second-order valence-corrected chi connectivity index (χ2v) is 5.44. The van der Waals surface area contributed by atoms with E-state index in [1.165, 1.54) is 12.8 Å². The van der Waals surface area contributed by atoms with Gasteiger partial charge in [-0.1, -0.05) is 0 Å². The van der Waals surface area contributed by atoms with E-state index in [9.17, 15) is 0 Å². The molecule has 0 radical (unpaired) electrons. The molecule has 1 aromatic rings. The van der Waals surface area contributed by atoms with Crippen LogP contribution in [0.2, 0.25) is 0 Å². The van der Waals surface area contributed by atoms with Crippen molar-refractivity contribution in [3.8, 4) is 6.01 Å². The lowest BCUT2D eigenvalue weighted by atomic mass is 10.1. The van der Waals surface area contributed by atoms with Crippen LogP contribution in [0.15, 0.2) is 0 Å². The van der Waals surface area contributed by atoms with Crippen molar-refractivity contribution >= 4 is 11.9 Å². The highest BCUT2D eigenvalue weighted by Crippen LogP contribution is 2.39. The van der Waals surface area contributed by atoms with Gasteiger partial charge in [0.25, 0.3) is 0 Å². The van der Waals surface area contributed by atoms with E-state index in [-0.39, 0.29) is 6.04 Å². The molecule has 2 N–H and O–H groups in total. The van der Waals surface area contributed by atoms with Gasteiger partial charge in [0.15, 0.2) is 0 Å². The average Bonchev–Trinajstić information content (AvgIpc) is 3.20. The number of hydrogen-bond acceptors (Lipinski definition) is 7. The van der Waals surface area contributed by atoms with E-state index in [2.05, 4.69) is 25.6 Å². The van der Waals surface area contributed by atoms with E-state index >= 15 is 0 Å². The molecule has 0 spiro atoms. The van der Waals surface area contributed by atoms with E-state index in [4.69, 9.17) is 9.47 Å². The highest BCUT2D eigenvalue weighted by molar-refractivity contribution is 5.37. The lowest BCUT2D eigenvalue weighted by molar-refractivity contribution is 0.0897. The minimum Gasteiger partial charge on any atom is -0.464 e. The molecule has 0 amide bonds. The Morgan fingerprint density at radius 3 is 2.67 bits per heavy atom. The summed E-state index contributed by atoms with van der Waals surface area (Å²) in [5.74, 6) is 1.80. The molecule has 7 heteroatoms. The number of nitrogens with zero attached hydrogens (tertiary/aromatic N) is 3. The lowest BCUT2D eigenvalue weighted by Gasteiger charge is -2.19. The summed E-state index contributed by atoms with van der Waals surface area (Å²) in [6.07, 6.45) is 3.83. The van der Waals surface area contributed by atoms with E-state index in [1.807, 2.05) is 13.8 Å². The van der Waals surface area contributed by atoms with Gasteiger partial charge in [0.1, 0.15) is 0 Å². The molecule has 3 rings (SSSR count). The van der Waals surface area contributed by atoms with Gasteiger partial charge in [0.05, 0.1) is 18.8 Å². The van der Waals surface area contributed by atoms with Crippen LogP contribution in [0.3, 0.4) is 0 Å². The molecule has 1 saturated heterocycles. The van der Waals surface area contributed by atoms with Gasteiger partial charge in [-0.25, -0.2) is 0 Å². The highest BCUT2D eigenvalue weighted by Gasteiger charge is 2.40. The molecule has 0 aromatic carbocycles. The molecule has 116 valence electrons. The highest BCUT2D eigenvalue weighted by atomic mass is 16.5. The fourth-order valence-corrected chi connectivity index (χ4v) is 2.67. The van der Waals surface area contributed by atoms with Crippen LogP contribution >= 0.6 is 0 Å². The lowest BCUT2D eigenvalue weighted by Crippen LogP contribution is -2.32. The maximum absolute atomic E-state index is 5.84. The minimum absolute atomic E-state index is 0.281. The van der Waals surface area contributed by atoms with Crippen LogP contribution in [0, 0.1) is 5.92 Å². The van der Waals surface area contributed by atoms with Gasteiger partial charge in [-0.05, 0) is 39.0 Å². The molecule has 1 aromatic heterocycles. The van der Waals surface area contributed by atoms with Crippen LogP contribution in [0.1, 0.15) is 33.1 Å². The Morgan fingerprint density at radius 2 is 1.95 bits per heavy atom. The van der Waals surface area contributed by atoms with E-state index in [1.54, 1.807) is 0 Å². The smallest absolute Gasteiger partial charge is 0.323 e. The molecule has 2 unspecified atom stereocenters. The maximum atomic E-state index is 5.84. The van der Waals surface area contributed by atoms with Crippen molar-refractivity contribution in [3.63, 3.8) is 0 Å². The molecule has 21 heavy (non-hydrogen) atoms. The molecule has 2 heterocycles. The average molecular weight is 293 g/mol. The molecule has 0 bridgehead atoms. The molecular formula is C14H23N5O2. The van der Waals surface area contributed by atoms with Crippen LogP contribution < -0.4 is 15.4 Å². The third kappa shape index (κ3) is 3.53. The van der Waals surface area contributed by atoms with Crippen molar-refractivity contribution in [2.24, 2.45) is 5.92 Å². The number of anilines is 2. The monoisotopic (exact) mass is 293 g/mol. The Balaban J connectivity index is 1.73. The third-order valence-electron chi connectivity index (χ3n) is 3.76.